The van der Waals surface area contributed by atoms with Crippen LogP contribution in [0.2, 0.25) is 5.02 Å². The highest BCUT2D eigenvalue weighted by Gasteiger charge is 2.32. The van der Waals surface area contributed by atoms with Gasteiger partial charge in [0.25, 0.3) is 0 Å². The summed E-state index contributed by atoms with van der Waals surface area (Å²) in [4.78, 5) is 11.9. The van der Waals surface area contributed by atoms with Crippen molar-refractivity contribution in [2.45, 2.75) is 12.7 Å². The lowest BCUT2D eigenvalue weighted by atomic mass is 10.1. The first-order valence-electron chi connectivity index (χ1n) is 7.30. The van der Waals surface area contributed by atoms with E-state index in [-0.39, 0.29) is 22.6 Å². The minimum absolute atomic E-state index is 0.00455. The second-order valence-corrected chi connectivity index (χ2v) is 5.87. The maximum atomic E-state index is 13.2. The molecule has 0 fully saturated rings. The number of rotatable bonds is 3. The third-order valence-corrected chi connectivity index (χ3v) is 4.14. The first-order valence-corrected chi connectivity index (χ1v) is 7.68. The Morgan fingerprint density at radius 1 is 1.23 bits per heavy atom. The SMILES string of the molecule is COC(=O)c1nn(Cc2ccc(F)cc2Cl)c2ccc(C(F)(F)F)cc12. The van der Waals surface area contributed by atoms with E-state index in [9.17, 15) is 22.4 Å². The fourth-order valence-electron chi connectivity index (χ4n) is 2.53. The van der Waals surface area contributed by atoms with Crippen molar-refractivity contribution >= 4 is 28.5 Å². The average molecular weight is 387 g/mol. The van der Waals surface area contributed by atoms with E-state index in [4.69, 9.17) is 11.6 Å². The number of methoxy groups -OCH3 is 1. The summed E-state index contributed by atoms with van der Waals surface area (Å²) in [6, 6.07) is 6.72. The molecule has 0 aliphatic heterocycles. The van der Waals surface area contributed by atoms with Crippen molar-refractivity contribution in [1.82, 2.24) is 9.78 Å². The summed E-state index contributed by atoms with van der Waals surface area (Å²) in [5, 5.41) is 4.21. The molecule has 2 aromatic carbocycles. The number of ether oxygens (including phenoxy) is 1. The van der Waals surface area contributed by atoms with Crippen LogP contribution in [0.5, 0.6) is 0 Å². The number of halogens is 5. The van der Waals surface area contributed by atoms with E-state index in [1.165, 1.54) is 22.9 Å². The van der Waals surface area contributed by atoms with E-state index in [2.05, 4.69) is 9.84 Å². The summed E-state index contributed by atoms with van der Waals surface area (Å²) in [5.74, 6) is -1.38. The topological polar surface area (TPSA) is 44.1 Å². The van der Waals surface area contributed by atoms with Crippen molar-refractivity contribution < 1.29 is 27.1 Å². The molecule has 1 heterocycles. The number of esters is 1. The Labute approximate surface area is 149 Å². The highest BCUT2D eigenvalue weighted by Crippen LogP contribution is 2.33. The first-order chi connectivity index (χ1) is 12.2. The molecule has 0 aliphatic rings. The van der Waals surface area contributed by atoms with Gasteiger partial charge in [-0.25, -0.2) is 9.18 Å². The molecule has 9 heteroatoms. The Morgan fingerprint density at radius 2 is 1.96 bits per heavy atom. The molecule has 0 N–H and O–H groups in total. The second kappa shape index (κ2) is 6.60. The van der Waals surface area contributed by atoms with Crippen LogP contribution in [0.4, 0.5) is 17.6 Å². The molecule has 3 rings (SSSR count). The van der Waals surface area contributed by atoms with Gasteiger partial charge in [0.15, 0.2) is 5.69 Å². The van der Waals surface area contributed by atoms with Gasteiger partial charge in [-0.05, 0) is 35.9 Å². The largest absolute Gasteiger partial charge is 0.464 e. The summed E-state index contributed by atoms with van der Waals surface area (Å²) < 4.78 is 58.0. The van der Waals surface area contributed by atoms with Crippen LogP contribution >= 0.6 is 11.6 Å². The molecule has 0 bridgehead atoms. The molecular formula is C17H11ClF4N2O2. The zero-order valence-corrected chi connectivity index (χ0v) is 14.0. The van der Waals surface area contributed by atoms with Crippen molar-refractivity contribution in [2.24, 2.45) is 0 Å². The number of nitrogens with zero attached hydrogens (tertiary/aromatic N) is 2. The van der Waals surface area contributed by atoms with E-state index in [1.54, 1.807) is 0 Å². The lowest BCUT2D eigenvalue weighted by Gasteiger charge is -2.08. The van der Waals surface area contributed by atoms with Gasteiger partial charge >= 0.3 is 12.1 Å². The zero-order valence-electron chi connectivity index (χ0n) is 13.3. The standard InChI is InChI=1S/C17H11ClF4N2O2/c1-26-16(25)15-12-6-10(17(20,21)22)3-5-14(12)24(23-15)8-9-2-4-11(19)7-13(9)18/h2-7H,8H2,1H3. The summed E-state index contributed by atoms with van der Waals surface area (Å²) in [7, 11) is 1.11. The van der Waals surface area contributed by atoms with E-state index < -0.39 is 23.5 Å². The highest BCUT2D eigenvalue weighted by molar-refractivity contribution is 6.31. The molecule has 0 unspecified atom stereocenters. The predicted octanol–water partition coefficient (Wildman–Crippen LogP) is 4.68. The van der Waals surface area contributed by atoms with Crippen LogP contribution in [0.25, 0.3) is 10.9 Å². The molecule has 3 aromatic rings. The van der Waals surface area contributed by atoms with Crippen LogP contribution in [0.15, 0.2) is 36.4 Å². The van der Waals surface area contributed by atoms with Gasteiger partial charge in [-0.15, -0.1) is 0 Å². The Bertz CT molecular complexity index is 998. The van der Waals surface area contributed by atoms with Crippen LogP contribution in [0, 0.1) is 5.82 Å². The summed E-state index contributed by atoms with van der Waals surface area (Å²) in [6.07, 6.45) is -4.57. The molecule has 4 nitrogen and oxygen atoms in total. The van der Waals surface area contributed by atoms with Crippen molar-refractivity contribution in [3.8, 4) is 0 Å². The predicted molar refractivity (Wildman–Crippen MR) is 86.6 cm³/mol. The third kappa shape index (κ3) is 3.37. The van der Waals surface area contributed by atoms with Crippen molar-refractivity contribution in [3.05, 3.63) is 64.1 Å². The molecule has 0 spiro atoms. The fourth-order valence-corrected chi connectivity index (χ4v) is 2.76. The maximum absolute atomic E-state index is 13.2. The Balaban J connectivity index is 2.15. The number of fused-ring (bicyclic) bond motifs is 1. The van der Waals surface area contributed by atoms with Gasteiger partial charge in [0.05, 0.1) is 24.7 Å². The van der Waals surface area contributed by atoms with E-state index in [1.807, 2.05) is 0 Å². The molecule has 0 aliphatic carbocycles. The molecule has 136 valence electrons. The smallest absolute Gasteiger partial charge is 0.416 e. The zero-order chi connectivity index (χ0) is 19.1. The second-order valence-electron chi connectivity index (χ2n) is 5.46. The lowest BCUT2D eigenvalue weighted by molar-refractivity contribution is -0.137. The van der Waals surface area contributed by atoms with Gasteiger partial charge in [0, 0.05) is 10.4 Å². The van der Waals surface area contributed by atoms with Gasteiger partial charge in [-0.2, -0.15) is 18.3 Å². The van der Waals surface area contributed by atoms with Crippen LogP contribution in [-0.4, -0.2) is 22.9 Å². The molecular weight excluding hydrogens is 376 g/mol. The van der Waals surface area contributed by atoms with Gasteiger partial charge in [-0.3, -0.25) is 4.68 Å². The number of carbonyl (C=O) groups excluding carboxylic acids is 1. The number of hydrogen-bond acceptors (Lipinski definition) is 3. The summed E-state index contributed by atoms with van der Waals surface area (Å²) >= 11 is 5.99. The van der Waals surface area contributed by atoms with E-state index in [0.717, 1.165) is 25.3 Å². The van der Waals surface area contributed by atoms with E-state index in [0.29, 0.717) is 11.1 Å². The van der Waals surface area contributed by atoms with Gasteiger partial charge in [0.1, 0.15) is 5.82 Å². The monoisotopic (exact) mass is 386 g/mol. The van der Waals surface area contributed by atoms with Crippen molar-refractivity contribution in [1.29, 1.82) is 0 Å². The number of hydrogen-bond donors (Lipinski definition) is 0. The molecule has 0 radical (unpaired) electrons. The Kier molecular flexibility index (Phi) is 4.62. The minimum atomic E-state index is -4.57. The number of carbonyl (C=O) groups is 1. The number of benzene rings is 2. The molecule has 0 saturated heterocycles. The molecule has 0 saturated carbocycles. The van der Waals surface area contributed by atoms with Crippen LogP contribution in [0.3, 0.4) is 0 Å². The molecule has 0 atom stereocenters. The van der Waals surface area contributed by atoms with Gasteiger partial charge < -0.3 is 4.74 Å². The van der Waals surface area contributed by atoms with Crippen LogP contribution < -0.4 is 0 Å². The maximum Gasteiger partial charge on any atom is 0.416 e. The highest BCUT2D eigenvalue weighted by atomic mass is 35.5. The Morgan fingerprint density at radius 3 is 2.58 bits per heavy atom. The summed E-state index contributed by atoms with van der Waals surface area (Å²) in [5.41, 5.74) is -0.367. The van der Waals surface area contributed by atoms with Crippen LogP contribution in [-0.2, 0) is 17.5 Å². The third-order valence-electron chi connectivity index (χ3n) is 3.79. The normalized spacial score (nSPS) is 11.8. The lowest BCUT2D eigenvalue weighted by Crippen LogP contribution is -2.06. The summed E-state index contributed by atoms with van der Waals surface area (Å²) in [6.45, 7) is 0.0397. The van der Waals surface area contributed by atoms with Crippen molar-refractivity contribution in [2.75, 3.05) is 7.11 Å². The number of alkyl halides is 3. The van der Waals surface area contributed by atoms with E-state index >= 15 is 0 Å². The van der Waals surface area contributed by atoms with Crippen molar-refractivity contribution in [3.63, 3.8) is 0 Å². The number of aromatic nitrogens is 2. The minimum Gasteiger partial charge on any atom is -0.464 e. The van der Waals surface area contributed by atoms with Gasteiger partial charge in [-0.1, -0.05) is 17.7 Å². The average Bonchev–Trinajstić information content (AvgIpc) is 2.94. The Hall–Kier alpha value is -2.61. The first kappa shape index (κ1) is 18.2. The molecule has 0 amide bonds. The quantitative estimate of drug-likeness (QED) is 0.485. The van der Waals surface area contributed by atoms with Crippen LogP contribution in [0.1, 0.15) is 21.6 Å². The fraction of sp³-hybridized carbons (Fsp3) is 0.176. The van der Waals surface area contributed by atoms with Gasteiger partial charge in [0.2, 0.25) is 0 Å². The molecule has 26 heavy (non-hydrogen) atoms. The molecule has 1 aromatic heterocycles.